The number of carbonyl (C=O) groups excluding carboxylic acids is 1. The van der Waals surface area contributed by atoms with Gasteiger partial charge in [0.2, 0.25) is 0 Å². The summed E-state index contributed by atoms with van der Waals surface area (Å²) in [5.74, 6) is 0.223. The largest absolute Gasteiger partial charge is 0.354 e. The van der Waals surface area contributed by atoms with Crippen LogP contribution in [0.2, 0.25) is 0 Å². The van der Waals surface area contributed by atoms with Crippen molar-refractivity contribution in [3.8, 4) is 0 Å². The molecule has 1 saturated heterocycles. The Morgan fingerprint density at radius 3 is 2.27 bits per heavy atom. The summed E-state index contributed by atoms with van der Waals surface area (Å²) in [6.07, 6.45) is 4.85. The Kier molecular flexibility index (Phi) is 4.58. The Hall–Kier alpha value is -0.570. The molecule has 3 nitrogen and oxygen atoms in total. The predicted molar refractivity (Wildman–Crippen MR) is 62.5 cm³/mol. The maximum absolute atomic E-state index is 11.9. The molecular formula is C12H25N2O+. The third kappa shape index (κ3) is 2.51. The van der Waals surface area contributed by atoms with Gasteiger partial charge in [-0.05, 0) is 26.2 Å². The minimum Gasteiger partial charge on any atom is -0.354 e. The molecule has 0 radical (unpaired) electrons. The minimum atomic E-state index is 0.167. The first kappa shape index (κ1) is 12.5. The lowest BCUT2D eigenvalue weighted by Crippen LogP contribution is -2.62. The predicted octanol–water partition coefficient (Wildman–Crippen LogP) is 1.53. The van der Waals surface area contributed by atoms with Crippen LogP contribution in [0.5, 0.6) is 0 Å². The number of likely N-dealkylation sites (N-methyl/N-ethyl adjacent to an activating group) is 2. The molecule has 0 spiro atoms. The van der Waals surface area contributed by atoms with Gasteiger partial charge in [0, 0.05) is 13.5 Å². The molecular weight excluding hydrogens is 188 g/mol. The summed E-state index contributed by atoms with van der Waals surface area (Å²) in [5, 5.41) is 2.82. The summed E-state index contributed by atoms with van der Waals surface area (Å²) in [5.41, 5.74) is 0. The Balaban J connectivity index is 2.80. The monoisotopic (exact) mass is 213 g/mol. The number of amides is 1. The summed E-state index contributed by atoms with van der Waals surface area (Å²) < 4.78 is 1.01. The molecule has 0 aromatic heterocycles. The molecule has 0 aromatic carbocycles. The number of hydrogen-bond acceptors (Lipinski definition) is 1. The number of quaternary nitrogens is 1. The van der Waals surface area contributed by atoms with E-state index in [9.17, 15) is 4.79 Å². The molecule has 1 aliphatic heterocycles. The van der Waals surface area contributed by atoms with E-state index in [-0.39, 0.29) is 11.9 Å². The van der Waals surface area contributed by atoms with Gasteiger partial charge < -0.3 is 9.80 Å². The van der Waals surface area contributed by atoms with Crippen LogP contribution in [-0.2, 0) is 4.79 Å². The SMILES string of the molecule is CCC(C(=O)NC)[N+]1(CC)CCCCC1. The molecule has 1 aliphatic rings. The molecule has 1 N–H and O–H groups in total. The lowest BCUT2D eigenvalue weighted by atomic mass is 10.0. The van der Waals surface area contributed by atoms with Crippen LogP contribution < -0.4 is 5.32 Å². The van der Waals surface area contributed by atoms with Crippen molar-refractivity contribution in [3.63, 3.8) is 0 Å². The molecule has 0 saturated carbocycles. The Labute approximate surface area is 93.4 Å². The summed E-state index contributed by atoms with van der Waals surface area (Å²) in [4.78, 5) is 11.9. The van der Waals surface area contributed by atoms with Gasteiger partial charge in [0.25, 0.3) is 5.91 Å². The van der Waals surface area contributed by atoms with Gasteiger partial charge in [-0.2, -0.15) is 0 Å². The van der Waals surface area contributed by atoms with Gasteiger partial charge in [0.15, 0.2) is 6.04 Å². The smallest absolute Gasteiger partial charge is 0.278 e. The van der Waals surface area contributed by atoms with Crippen molar-refractivity contribution in [2.45, 2.75) is 45.6 Å². The van der Waals surface area contributed by atoms with Crippen LogP contribution in [-0.4, -0.2) is 43.1 Å². The molecule has 3 heteroatoms. The van der Waals surface area contributed by atoms with Gasteiger partial charge in [-0.25, -0.2) is 0 Å². The molecule has 15 heavy (non-hydrogen) atoms. The first-order chi connectivity index (χ1) is 7.20. The number of nitrogens with zero attached hydrogens (tertiary/aromatic N) is 1. The average molecular weight is 213 g/mol. The molecule has 1 amide bonds. The molecule has 0 aromatic rings. The molecule has 1 atom stereocenters. The Morgan fingerprint density at radius 2 is 1.87 bits per heavy atom. The van der Waals surface area contributed by atoms with Crippen LogP contribution >= 0.6 is 0 Å². The highest BCUT2D eigenvalue weighted by atomic mass is 16.2. The second-order valence-corrected chi connectivity index (χ2v) is 4.58. The van der Waals surface area contributed by atoms with Crippen LogP contribution in [0.3, 0.4) is 0 Å². The van der Waals surface area contributed by atoms with Gasteiger partial charge in [0.05, 0.1) is 19.6 Å². The summed E-state index contributed by atoms with van der Waals surface area (Å²) in [7, 11) is 1.75. The fourth-order valence-corrected chi connectivity index (χ4v) is 2.98. The van der Waals surface area contributed by atoms with E-state index >= 15 is 0 Å². The fraction of sp³-hybridized carbons (Fsp3) is 0.917. The van der Waals surface area contributed by atoms with E-state index in [1.807, 2.05) is 0 Å². The summed E-state index contributed by atoms with van der Waals surface area (Å²) >= 11 is 0. The van der Waals surface area contributed by atoms with E-state index in [0.29, 0.717) is 0 Å². The highest BCUT2D eigenvalue weighted by molar-refractivity contribution is 5.80. The third-order valence-electron chi connectivity index (χ3n) is 3.93. The van der Waals surface area contributed by atoms with Crippen molar-refractivity contribution in [2.75, 3.05) is 26.7 Å². The Morgan fingerprint density at radius 1 is 1.27 bits per heavy atom. The number of nitrogens with one attached hydrogen (secondary N) is 1. The van der Waals surface area contributed by atoms with Crippen LogP contribution in [0, 0.1) is 0 Å². The second-order valence-electron chi connectivity index (χ2n) is 4.58. The topological polar surface area (TPSA) is 29.1 Å². The van der Waals surface area contributed by atoms with Crippen LogP contribution in [0.25, 0.3) is 0 Å². The zero-order chi connectivity index (χ0) is 11.3. The molecule has 1 unspecified atom stereocenters. The van der Waals surface area contributed by atoms with Crippen molar-refractivity contribution in [1.29, 1.82) is 0 Å². The van der Waals surface area contributed by atoms with E-state index in [1.54, 1.807) is 7.05 Å². The van der Waals surface area contributed by atoms with Crippen molar-refractivity contribution in [3.05, 3.63) is 0 Å². The van der Waals surface area contributed by atoms with E-state index in [1.165, 1.54) is 32.4 Å². The van der Waals surface area contributed by atoms with Crippen LogP contribution in [0.1, 0.15) is 39.5 Å². The number of likely N-dealkylation sites (tertiary alicyclic amines) is 1. The van der Waals surface area contributed by atoms with E-state index in [0.717, 1.165) is 17.4 Å². The molecule has 0 bridgehead atoms. The molecule has 1 heterocycles. The number of carbonyl (C=O) groups is 1. The molecule has 1 rings (SSSR count). The van der Waals surface area contributed by atoms with Gasteiger partial charge in [-0.15, -0.1) is 0 Å². The maximum Gasteiger partial charge on any atom is 0.278 e. The number of piperidine rings is 1. The average Bonchev–Trinajstić information content (AvgIpc) is 2.30. The maximum atomic E-state index is 11.9. The number of hydrogen-bond donors (Lipinski definition) is 1. The van der Waals surface area contributed by atoms with E-state index in [4.69, 9.17) is 0 Å². The number of rotatable bonds is 4. The summed E-state index contributed by atoms with van der Waals surface area (Å²) in [6.45, 7) is 7.80. The van der Waals surface area contributed by atoms with Gasteiger partial charge in [-0.3, -0.25) is 4.79 Å². The first-order valence-corrected chi connectivity index (χ1v) is 6.27. The van der Waals surface area contributed by atoms with Crippen LogP contribution in [0.15, 0.2) is 0 Å². The van der Waals surface area contributed by atoms with E-state index in [2.05, 4.69) is 19.2 Å². The first-order valence-electron chi connectivity index (χ1n) is 6.27. The third-order valence-corrected chi connectivity index (χ3v) is 3.93. The van der Waals surface area contributed by atoms with Crippen molar-refractivity contribution in [2.24, 2.45) is 0 Å². The normalized spacial score (nSPS) is 22.1. The van der Waals surface area contributed by atoms with E-state index < -0.39 is 0 Å². The molecule has 88 valence electrons. The van der Waals surface area contributed by atoms with Crippen molar-refractivity contribution in [1.82, 2.24) is 5.32 Å². The Bertz CT molecular complexity index is 210. The minimum absolute atomic E-state index is 0.167. The van der Waals surface area contributed by atoms with Gasteiger partial charge in [0.1, 0.15) is 0 Å². The zero-order valence-electron chi connectivity index (χ0n) is 10.4. The van der Waals surface area contributed by atoms with Gasteiger partial charge in [-0.1, -0.05) is 6.92 Å². The highest BCUT2D eigenvalue weighted by Crippen LogP contribution is 2.24. The highest BCUT2D eigenvalue weighted by Gasteiger charge is 2.39. The second kappa shape index (κ2) is 5.50. The van der Waals surface area contributed by atoms with Crippen molar-refractivity contribution >= 4 is 5.91 Å². The molecule has 0 aliphatic carbocycles. The fourth-order valence-electron chi connectivity index (χ4n) is 2.98. The quantitative estimate of drug-likeness (QED) is 0.705. The molecule has 1 fully saturated rings. The van der Waals surface area contributed by atoms with Crippen molar-refractivity contribution < 1.29 is 9.28 Å². The van der Waals surface area contributed by atoms with Crippen LogP contribution in [0.4, 0.5) is 0 Å². The summed E-state index contributed by atoms with van der Waals surface area (Å²) in [6, 6.07) is 0.167. The lowest BCUT2D eigenvalue weighted by Gasteiger charge is -2.45. The lowest BCUT2D eigenvalue weighted by molar-refractivity contribution is -0.945. The standard InChI is InChI=1S/C12H24N2O/c1-4-11(12(15)13-3)14(5-2)9-7-6-8-10-14/h11H,4-10H2,1-3H3/p+1. The van der Waals surface area contributed by atoms with Gasteiger partial charge >= 0.3 is 0 Å². The zero-order valence-corrected chi connectivity index (χ0v) is 10.4.